The average Bonchev–Trinajstić information content (AvgIpc) is 3.04. The number of nitrogens with two attached hydrogens (primary N) is 1. The fourth-order valence-electron chi connectivity index (χ4n) is 3.31. The number of rotatable bonds is 8. The molecule has 0 saturated heterocycles. The Morgan fingerprint density at radius 2 is 2.04 bits per heavy atom. The molecule has 3 amide bonds. The van der Waals surface area contributed by atoms with Crippen molar-refractivity contribution in [3.05, 3.63) is 17.5 Å². The summed E-state index contributed by atoms with van der Waals surface area (Å²) < 4.78 is 1.78. The van der Waals surface area contributed by atoms with Crippen molar-refractivity contribution in [2.24, 2.45) is 17.1 Å². The van der Waals surface area contributed by atoms with E-state index in [2.05, 4.69) is 15.7 Å². The number of primary amides is 1. The molecule has 9 heteroatoms. The molecule has 1 unspecified atom stereocenters. The van der Waals surface area contributed by atoms with Crippen molar-refractivity contribution in [1.29, 1.82) is 0 Å². The minimum atomic E-state index is -0.939. The largest absolute Gasteiger partial charge is 0.481 e. The Balaban J connectivity index is 1.85. The second-order valence-corrected chi connectivity index (χ2v) is 6.81. The number of nitrogens with zero attached hydrogens (tertiary/aromatic N) is 2. The standard InChI is InChI=1S/C17H27N5O4/c1-3-17(4-2,15(24)25)10-20-16(26)19-8-11-5-6-22-13(7-11)12(9-21-22)14(18)23/h9,11H,3-8,10H2,1-2H3,(H2,18,23)(H,24,25)(H2,19,20,26). The van der Waals surface area contributed by atoms with E-state index in [1.807, 2.05) is 0 Å². The van der Waals surface area contributed by atoms with Crippen LogP contribution in [0.25, 0.3) is 0 Å². The van der Waals surface area contributed by atoms with Crippen molar-refractivity contribution in [2.45, 2.75) is 46.1 Å². The van der Waals surface area contributed by atoms with E-state index in [9.17, 15) is 19.5 Å². The lowest BCUT2D eigenvalue weighted by atomic mass is 9.82. The third kappa shape index (κ3) is 4.14. The summed E-state index contributed by atoms with van der Waals surface area (Å²) in [5.74, 6) is -1.23. The third-order valence-electron chi connectivity index (χ3n) is 5.39. The van der Waals surface area contributed by atoms with E-state index in [0.29, 0.717) is 37.9 Å². The van der Waals surface area contributed by atoms with Gasteiger partial charge in [0.15, 0.2) is 0 Å². The first-order valence-corrected chi connectivity index (χ1v) is 8.92. The zero-order valence-electron chi connectivity index (χ0n) is 15.2. The molecule has 1 aromatic rings. The Morgan fingerprint density at radius 1 is 1.35 bits per heavy atom. The maximum atomic E-state index is 12.1. The number of carboxylic acids is 1. The maximum Gasteiger partial charge on any atom is 0.314 e. The lowest BCUT2D eigenvalue weighted by Crippen LogP contribution is -2.47. The highest BCUT2D eigenvalue weighted by Gasteiger charge is 2.35. The molecule has 9 nitrogen and oxygen atoms in total. The van der Waals surface area contributed by atoms with Crippen LogP contribution in [0.15, 0.2) is 6.20 Å². The van der Waals surface area contributed by atoms with Crippen LogP contribution >= 0.6 is 0 Å². The monoisotopic (exact) mass is 365 g/mol. The number of carboxylic acid groups (broad SMARTS) is 1. The average molecular weight is 365 g/mol. The SMILES string of the molecule is CCC(CC)(CNC(=O)NCC1CCn2ncc(C(N)=O)c2C1)C(=O)O. The molecule has 0 aromatic carbocycles. The molecule has 1 aliphatic rings. The van der Waals surface area contributed by atoms with Gasteiger partial charge in [0.25, 0.3) is 5.91 Å². The zero-order chi connectivity index (χ0) is 19.3. The van der Waals surface area contributed by atoms with Crippen molar-refractivity contribution >= 4 is 17.9 Å². The highest BCUT2D eigenvalue weighted by Crippen LogP contribution is 2.25. The molecule has 5 N–H and O–H groups in total. The molecule has 1 atom stereocenters. The number of carbonyl (C=O) groups excluding carboxylic acids is 2. The van der Waals surface area contributed by atoms with E-state index in [-0.39, 0.29) is 18.5 Å². The number of urea groups is 1. The van der Waals surface area contributed by atoms with Crippen LogP contribution < -0.4 is 16.4 Å². The summed E-state index contributed by atoms with van der Waals surface area (Å²) in [4.78, 5) is 35.0. The Bertz CT molecular complexity index is 681. The molecule has 0 radical (unpaired) electrons. The Hall–Kier alpha value is -2.58. The van der Waals surface area contributed by atoms with Crippen LogP contribution in [0.3, 0.4) is 0 Å². The van der Waals surface area contributed by atoms with Gasteiger partial charge < -0.3 is 21.5 Å². The number of nitrogens with one attached hydrogen (secondary N) is 2. The molecular formula is C17H27N5O4. The van der Waals surface area contributed by atoms with Crippen molar-refractivity contribution in [2.75, 3.05) is 13.1 Å². The summed E-state index contributed by atoms with van der Waals surface area (Å²) in [5, 5.41) is 19.0. The first kappa shape index (κ1) is 19.7. The van der Waals surface area contributed by atoms with Crippen molar-refractivity contribution in [1.82, 2.24) is 20.4 Å². The van der Waals surface area contributed by atoms with Gasteiger partial charge in [0.1, 0.15) is 0 Å². The van der Waals surface area contributed by atoms with Gasteiger partial charge in [0.2, 0.25) is 0 Å². The van der Waals surface area contributed by atoms with Crippen LogP contribution in [0.5, 0.6) is 0 Å². The molecule has 26 heavy (non-hydrogen) atoms. The van der Waals surface area contributed by atoms with Gasteiger partial charge in [-0.15, -0.1) is 0 Å². The van der Waals surface area contributed by atoms with Crippen LogP contribution in [-0.4, -0.2) is 45.9 Å². The molecule has 0 bridgehead atoms. The number of carbonyl (C=O) groups is 3. The summed E-state index contributed by atoms with van der Waals surface area (Å²) in [6.45, 7) is 4.81. The molecule has 0 fully saturated rings. The van der Waals surface area contributed by atoms with Crippen molar-refractivity contribution < 1.29 is 19.5 Å². The molecule has 1 aromatic heterocycles. The van der Waals surface area contributed by atoms with Crippen LogP contribution in [0.2, 0.25) is 0 Å². The van der Waals surface area contributed by atoms with Crippen molar-refractivity contribution in [3.8, 4) is 0 Å². The van der Waals surface area contributed by atoms with Gasteiger partial charge >= 0.3 is 12.0 Å². The predicted octanol–water partition coefficient (Wildman–Crippen LogP) is 0.735. The molecule has 144 valence electrons. The second-order valence-electron chi connectivity index (χ2n) is 6.81. The first-order valence-electron chi connectivity index (χ1n) is 8.92. The van der Waals surface area contributed by atoms with Crippen LogP contribution in [-0.2, 0) is 17.8 Å². The first-order chi connectivity index (χ1) is 12.3. The lowest BCUT2D eigenvalue weighted by Gasteiger charge is -2.27. The zero-order valence-corrected chi connectivity index (χ0v) is 15.2. The number of aliphatic carboxylic acids is 1. The minimum Gasteiger partial charge on any atom is -0.481 e. The summed E-state index contributed by atoms with van der Waals surface area (Å²) in [5.41, 5.74) is 5.65. The molecule has 0 spiro atoms. The molecule has 0 saturated carbocycles. The van der Waals surface area contributed by atoms with Crippen LogP contribution in [0.4, 0.5) is 4.79 Å². The fraction of sp³-hybridized carbons (Fsp3) is 0.647. The number of hydrogen-bond donors (Lipinski definition) is 4. The van der Waals surface area contributed by atoms with Gasteiger partial charge in [0, 0.05) is 19.6 Å². The Kier molecular flexibility index (Phi) is 6.23. The van der Waals surface area contributed by atoms with E-state index in [1.165, 1.54) is 6.20 Å². The smallest absolute Gasteiger partial charge is 0.314 e. The lowest BCUT2D eigenvalue weighted by molar-refractivity contribution is -0.149. The summed E-state index contributed by atoms with van der Waals surface area (Å²) in [6.07, 6.45) is 3.82. The summed E-state index contributed by atoms with van der Waals surface area (Å²) >= 11 is 0. The van der Waals surface area contributed by atoms with E-state index < -0.39 is 17.3 Å². The normalized spacial score (nSPS) is 16.6. The number of hydrogen-bond acceptors (Lipinski definition) is 4. The topological polar surface area (TPSA) is 139 Å². The summed E-state index contributed by atoms with van der Waals surface area (Å²) in [6, 6.07) is -0.383. The quantitative estimate of drug-likeness (QED) is 0.538. The van der Waals surface area contributed by atoms with Gasteiger partial charge in [-0.25, -0.2) is 4.79 Å². The number of fused-ring (bicyclic) bond motifs is 1. The predicted molar refractivity (Wildman–Crippen MR) is 94.6 cm³/mol. The van der Waals surface area contributed by atoms with Crippen LogP contribution in [0, 0.1) is 11.3 Å². The van der Waals surface area contributed by atoms with E-state index in [4.69, 9.17) is 5.73 Å². The van der Waals surface area contributed by atoms with Gasteiger partial charge in [-0.2, -0.15) is 5.10 Å². The highest BCUT2D eigenvalue weighted by atomic mass is 16.4. The van der Waals surface area contributed by atoms with E-state index in [1.54, 1.807) is 18.5 Å². The highest BCUT2D eigenvalue weighted by molar-refractivity contribution is 5.93. The molecule has 0 aliphatic carbocycles. The molecule has 1 aliphatic heterocycles. The minimum absolute atomic E-state index is 0.0877. The summed E-state index contributed by atoms with van der Waals surface area (Å²) in [7, 11) is 0. The third-order valence-corrected chi connectivity index (χ3v) is 5.39. The van der Waals surface area contributed by atoms with Gasteiger partial charge in [-0.3, -0.25) is 14.3 Å². The second kappa shape index (κ2) is 8.20. The number of amides is 3. The number of aryl methyl sites for hydroxylation is 1. The number of aromatic nitrogens is 2. The Labute approximate surface area is 152 Å². The van der Waals surface area contributed by atoms with Gasteiger partial charge in [-0.1, -0.05) is 13.8 Å². The molecule has 2 rings (SSSR count). The fourth-order valence-corrected chi connectivity index (χ4v) is 3.31. The van der Waals surface area contributed by atoms with Gasteiger partial charge in [-0.05, 0) is 31.6 Å². The van der Waals surface area contributed by atoms with E-state index in [0.717, 1.165) is 12.1 Å². The Morgan fingerprint density at radius 3 is 2.62 bits per heavy atom. The molecular weight excluding hydrogens is 338 g/mol. The van der Waals surface area contributed by atoms with Gasteiger partial charge in [0.05, 0.1) is 22.9 Å². The van der Waals surface area contributed by atoms with Crippen LogP contribution in [0.1, 0.15) is 49.2 Å². The molecule has 2 heterocycles. The van der Waals surface area contributed by atoms with E-state index >= 15 is 0 Å². The van der Waals surface area contributed by atoms with Crippen molar-refractivity contribution in [3.63, 3.8) is 0 Å². The maximum absolute atomic E-state index is 12.1.